The fraction of sp³-hybridized carbons (Fsp3) is 0.320. The van der Waals surface area contributed by atoms with Crippen molar-refractivity contribution >= 4 is 5.65 Å². The first-order valence-electron chi connectivity index (χ1n) is 11.1. The zero-order valence-electron chi connectivity index (χ0n) is 18.2. The molecule has 0 N–H and O–H groups in total. The molecule has 1 saturated heterocycles. The monoisotopic (exact) mass is 431 g/mol. The summed E-state index contributed by atoms with van der Waals surface area (Å²) < 4.78 is 21.9. The van der Waals surface area contributed by atoms with Crippen LogP contribution in [-0.4, -0.2) is 50.7 Å². The third-order valence-electron chi connectivity index (χ3n) is 5.95. The van der Waals surface area contributed by atoms with Crippen molar-refractivity contribution in [2.75, 3.05) is 26.2 Å². The van der Waals surface area contributed by atoms with Crippen molar-refractivity contribution < 1.29 is 9.13 Å². The topological polar surface area (TPSA) is 55.6 Å². The molecule has 1 aliphatic rings. The molecule has 3 aromatic heterocycles. The number of likely N-dealkylation sites (tertiary alicyclic amines) is 1. The lowest BCUT2D eigenvalue weighted by Crippen LogP contribution is -2.33. The van der Waals surface area contributed by atoms with Gasteiger partial charge in [-0.25, -0.2) is 13.9 Å². The molecule has 0 bridgehead atoms. The molecule has 32 heavy (non-hydrogen) atoms. The fourth-order valence-electron chi connectivity index (χ4n) is 4.18. The largest absolute Gasteiger partial charge is 0.492 e. The number of piperidine rings is 1. The van der Waals surface area contributed by atoms with Crippen LogP contribution in [0.2, 0.25) is 0 Å². The molecular formula is C25H26FN5O. The fourth-order valence-corrected chi connectivity index (χ4v) is 4.18. The van der Waals surface area contributed by atoms with Crippen molar-refractivity contribution in [2.24, 2.45) is 0 Å². The predicted molar refractivity (Wildman–Crippen MR) is 122 cm³/mol. The summed E-state index contributed by atoms with van der Waals surface area (Å²) in [5.74, 6) is 0.483. The highest BCUT2D eigenvalue weighted by atomic mass is 19.1. The molecule has 0 saturated carbocycles. The van der Waals surface area contributed by atoms with Crippen molar-refractivity contribution in [3.05, 3.63) is 66.6 Å². The second-order valence-corrected chi connectivity index (χ2v) is 8.25. The third-order valence-corrected chi connectivity index (χ3v) is 5.95. The van der Waals surface area contributed by atoms with Gasteiger partial charge in [0, 0.05) is 41.3 Å². The number of pyridine rings is 1. The Morgan fingerprint density at radius 2 is 1.75 bits per heavy atom. The zero-order valence-corrected chi connectivity index (χ0v) is 18.2. The number of aryl methyl sites for hydroxylation is 1. The van der Waals surface area contributed by atoms with Crippen LogP contribution < -0.4 is 4.74 Å². The molecule has 0 spiro atoms. The first-order valence-corrected chi connectivity index (χ1v) is 11.1. The molecule has 1 aliphatic heterocycles. The van der Waals surface area contributed by atoms with E-state index in [-0.39, 0.29) is 5.82 Å². The van der Waals surface area contributed by atoms with Gasteiger partial charge in [0.1, 0.15) is 18.2 Å². The number of ether oxygens (including phenoxy) is 1. The van der Waals surface area contributed by atoms with E-state index in [9.17, 15) is 4.39 Å². The van der Waals surface area contributed by atoms with E-state index in [2.05, 4.69) is 20.0 Å². The number of rotatable bonds is 6. The van der Waals surface area contributed by atoms with Crippen LogP contribution in [0, 0.1) is 12.7 Å². The van der Waals surface area contributed by atoms with Crippen molar-refractivity contribution in [1.82, 2.24) is 24.5 Å². The lowest BCUT2D eigenvalue weighted by atomic mass is 10.1. The number of hydrogen-bond donors (Lipinski definition) is 0. The SMILES string of the molecule is Cc1cc(-c2cnn3cc(-c4ccc(OCCN5CCCCC5)cc4)cnc23)c(F)cn1. The smallest absolute Gasteiger partial charge is 0.162 e. The summed E-state index contributed by atoms with van der Waals surface area (Å²) in [5, 5.41) is 4.39. The molecule has 6 nitrogen and oxygen atoms in total. The Kier molecular flexibility index (Phi) is 5.81. The number of benzene rings is 1. The van der Waals surface area contributed by atoms with E-state index < -0.39 is 0 Å². The first kappa shape index (κ1) is 20.6. The van der Waals surface area contributed by atoms with Crippen molar-refractivity contribution in [3.8, 4) is 28.0 Å². The minimum atomic E-state index is -0.382. The second kappa shape index (κ2) is 9.04. The minimum Gasteiger partial charge on any atom is -0.492 e. The van der Waals surface area contributed by atoms with Gasteiger partial charge in [0.15, 0.2) is 5.65 Å². The normalized spacial score (nSPS) is 14.7. The molecule has 0 atom stereocenters. The maximum absolute atomic E-state index is 14.3. The van der Waals surface area contributed by atoms with Gasteiger partial charge in [-0.1, -0.05) is 18.6 Å². The molecule has 7 heteroatoms. The van der Waals surface area contributed by atoms with E-state index >= 15 is 0 Å². The van der Waals surface area contributed by atoms with Gasteiger partial charge >= 0.3 is 0 Å². The number of aromatic nitrogens is 4. The van der Waals surface area contributed by atoms with Crippen LogP contribution in [0.4, 0.5) is 4.39 Å². The summed E-state index contributed by atoms with van der Waals surface area (Å²) in [4.78, 5) is 11.0. The Labute approximate surface area is 186 Å². The summed E-state index contributed by atoms with van der Waals surface area (Å²) in [6.07, 6.45) is 10.5. The van der Waals surface area contributed by atoms with Gasteiger partial charge in [0.2, 0.25) is 0 Å². The maximum atomic E-state index is 14.3. The summed E-state index contributed by atoms with van der Waals surface area (Å²) in [6.45, 7) is 5.87. The Bertz CT molecular complexity index is 1210. The van der Waals surface area contributed by atoms with Crippen LogP contribution in [0.3, 0.4) is 0 Å². The van der Waals surface area contributed by atoms with Crippen molar-refractivity contribution in [2.45, 2.75) is 26.2 Å². The van der Waals surface area contributed by atoms with Crippen LogP contribution in [0.1, 0.15) is 25.0 Å². The molecule has 5 rings (SSSR count). The highest BCUT2D eigenvalue weighted by Gasteiger charge is 2.14. The molecule has 0 radical (unpaired) electrons. The molecule has 0 unspecified atom stereocenters. The van der Waals surface area contributed by atoms with E-state index in [1.165, 1.54) is 38.5 Å². The van der Waals surface area contributed by atoms with Crippen LogP contribution >= 0.6 is 0 Å². The van der Waals surface area contributed by atoms with Crippen molar-refractivity contribution in [3.63, 3.8) is 0 Å². The van der Waals surface area contributed by atoms with Crippen LogP contribution in [0.25, 0.3) is 27.9 Å². The zero-order chi connectivity index (χ0) is 21.9. The van der Waals surface area contributed by atoms with Gasteiger partial charge in [0.05, 0.1) is 12.4 Å². The van der Waals surface area contributed by atoms with Gasteiger partial charge in [-0.3, -0.25) is 9.88 Å². The second-order valence-electron chi connectivity index (χ2n) is 8.25. The number of hydrogen-bond acceptors (Lipinski definition) is 5. The molecule has 4 heterocycles. The van der Waals surface area contributed by atoms with Gasteiger partial charge in [-0.15, -0.1) is 0 Å². The maximum Gasteiger partial charge on any atom is 0.162 e. The molecular weight excluding hydrogens is 405 g/mol. The molecule has 4 aromatic rings. The Morgan fingerprint density at radius 1 is 0.938 bits per heavy atom. The Hall–Kier alpha value is -3.32. The summed E-state index contributed by atoms with van der Waals surface area (Å²) in [6, 6.07) is 9.73. The number of halogens is 1. The molecule has 1 aromatic carbocycles. The van der Waals surface area contributed by atoms with Crippen LogP contribution in [0.15, 0.2) is 55.1 Å². The summed E-state index contributed by atoms with van der Waals surface area (Å²) >= 11 is 0. The predicted octanol–water partition coefficient (Wildman–Crippen LogP) is 4.77. The van der Waals surface area contributed by atoms with Gasteiger partial charge < -0.3 is 4.74 Å². The van der Waals surface area contributed by atoms with E-state index in [1.54, 1.807) is 23.0 Å². The van der Waals surface area contributed by atoms with Crippen molar-refractivity contribution in [1.29, 1.82) is 0 Å². The van der Waals surface area contributed by atoms with E-state index in [1.807, 2.05) is 37.4 Å². The molecule has 164 valence electrons. The third kappa shape index (κ3) is 4.34. The quantitative estimate of drug-likeness (QED) is 0.440. The molecule has 0 amide bonds. The standard InChI is InChI=1S/C25H26FN5O/c1-18-13-22(24(26)16-27-18)23-15-29-31-17-20(14-28-25(23)31)19-5-7-21(8-6-19)32-12-11-30-9-3-2-4-10-30/h5-8,13-17H,2-4,9-12H2,1H3. The highest BCUT2D eigenvalue weighted by molar-refractivity contribution is 5.78. The van der Waals surface area contributed by atoms with Crippen LogP contribution in [0.5, 0.6) is 5.75 Å². The molecule has 1 fully saturated rings. The van der Waals surface area contributed by atoms with Gasteiger partial charge in [-0.2, -0.15) is 5.10 Å². The van der Waals surface area contributed by atoms with Crippen LogP contribution in [-0.2, 0) is 0 Å². The van der Waals surface area contributed by atoms with E-state index in [0.29, 0.717) is 23.4 Å². The lowest BCUT2D eigenvalue weighted by molar-refractivity contribution is 0.183. The first-order chi connectivity index (χ1) is 15.7. The van der Waals surface area contributed by atoms with E-state index in [4.69, 9.17) is 4.74 Å². The van der Waals surface area contributed by atoms with Gasteiger partial charge in [0.25, 0.3) is 0 Å². The summed E-state index contributed by atoms with van der Waals surface area (Å²) in [5.41, 5.74) is 4.41. The average Bonchev–Trinajstić information content (AvgIpc) is 3.25. The van der Waals surface area contributed by atoms with E-state index in [0.717, 1.165) is 29.1 Å². The minimum absolute atomic E-state index is 0.382. The molecule has 0 aliphatic carbocycles. The Morgan fingerprint density at radius 3 is 2.56 bits per heavy atom. The van der Waals surface area contributed by atoms with Gasteiger partial charge in [-0.05, 0) is 56.6 Å². The summed E-state index contributed by atoms with van der Waals surface area (Å²) in [7, 11) is 0. The lowest BCUT2D eigenvalue weighted by Gasteiger charge is -2.26. The number of fused-ring (bicyclic) bond motifs is 1. The average molecular weight is 432 g/mol. The Balaban J connectivity index is 1.30. The number of nitrogens with zero attached hydrogens (tertiary/aromatic N) is 5. The highest BCUT2D eigenvalue weighted by Crippen LogP contribution is 2.28.